The summed E-state index contributed by atoms with van der Waals surface area (Å²) >= 11 is 3.50. The molecule has 0 saturated carbocycles. The second-order valence-electron chi connectivity index (χ2n) is 4.87. The molecule has 1 atom stereocenters. The number of anilines is 1. The van der Waals surface area contributed by atoms with Gasteiger partial charge in [-0.3, -0.25) is 0 Å². The molecule has 0 amide bonds. The van der Waals surface area contributed by atoms with E-state index < -0.39 is 0 Å². The molecule has 0 radical (unpaired) electrons. The molecule has 1 aromatic carbocycles. The predicted octanol–water partition coefficient (Wildman–Crippen LogP) is 2.68. The SMILES string of the molecule is CCN(c1ccc(Br)cc1CN)C(C)CN(C)C. The molecule has 3 nitrogen and oxygen atoms in total. The zero-order valence-electron chi connectivity index (χ0n) is 11.8. The second-order valence-corrected chi connectivity index (χ2v) is 5.79. The Hall–Kier alpha value is -0.580. The van der Waals surface area contributed by atoms with Gasteiger partial charge in [-0.1, -0.05) is 15.9 Å². The van der Waals surface area contributed by atoms with Gasteiger partial charge < -0.3 is 15.5 Å². The van der Waals surface area contributed by atoms with Crippen LogP contribution in [-0.2, 0) is 6.54 Å². The first kappa shape index (κ1) is 15.5. The average Bonchev–Trinajstić information content (AvgIpc) is 2.30. The Labute approximate surface area is 119 Å². The Kier molecular flexibility index (Phi) is 6.12. The van der Waals surface area contributed by atoms with Crippen LogP contribution in [0.2, 0.25) is 0 Å². The van der Waals surface area contributed by atoms with E-state index in [1.807, 2.05) is 0 Å². The Bertz CT molecular complexity index is 379. The van der Waals surface area contributed by atoms with E-state index in [1.54, 1.807) is 0 Å². The standard InChI is InChI=1S/C14H24BrN3/c1-5-18(11(2)10-17(3)4)14-7-6-13(15)8-12(14)9-16/h6-8,11H,5,9-10,16H2,1-4H3. The molecule has 0 heterocycles. The lowest BCUT2D eigenvalue weighted by Gasteiger charge is -2.33. The van der Waals surface area contributed by atoms with Crippen molar-refractivity contribution in [3.05, 3.63) is 28.2 Å². The van der Waals surface area contributed by atoms with Crippen molar-refractivity contribution in [2.45, 2.75) is 26.4 Å². The molecule has 0 aliphatic rings. The molecule has 0 aliphatic heterocycles. The first-order valence-corrected chi connectivity index (χ1v) is 7.18. The van der Waals surface area contributed by atoms with Crippen molar-refractivity contribution >= 4 is 21.6 Å². The van der Waals surface area contributed by atoms with Gasteiger partial charge in [0.25, 0.3) is 0 Å². The van der Waals surface area contributed by atoms with Gasteiger partial charge in [0.2, 0.25) is 0 Å². The second kappa shape index (κ2) is 7.12. The fourth-order valence-corrected chi connectivity index (χ4v) is 2.75. The minimum atomic E-state index is 0.469. The van der Waals surface area contributed by atoms with Gasteiger partial charge in [-0.05, 0) is 51.7 Å². The minimum absolute atomic E-state index is 0.469. The van der Waals surface area contributed by atoms with Crippen LogP contribution in [0.15, 0.2) is 22.7 Å². The van der Waals surface area contributed by atoms with Crippen LogP contribution in [0.3, 0.4) is 0 Å². The molecule has 1 unspecified atom stereocenters. The van der Waals surface area contributed by atoms with Crippen molar-refractivity contribution in [3.8, 4) is 0 Å². The molecule has 0 spiro atoms. The van der Waals surface area contributed by atoms with E-state index in [2.05, 4.69) is 71.9 Å². The molecule has 0 fully saturated rings. The Morgan fingerprint density at radius 1 is 1.33 bits per heavy atom. The van der Waals surface area contributed by atoms with Crippen LogP contribution in [0.25, 0.3) is 0 Å². The van der Waals surface area contributed by atoms with Gasteiger partial charge in [0.15, 0.2) is 0 Å². The number of nitrogens with zero attached hydrogens (tertiary/aromatic N) is 2. The maximum Gasteiger partial charge on any atom is 0.0415 e. The van der Waals surface area contributed by atoms with E-state index in [4.69, 9.17) is 5.73 Å². The van der Waals surface area contributed by atoms with E-state index >= 15 is 0 Å². The molecular formula is C14H24BrN3. The molecule has 102 valence electrons. The summed E-state index contributed by atoms with van der Waals surface area (Å²) < 4.78 is 1.09. The number of benzene rings is 1. The minimum Gasteiger partial charge on any atom is -0.368 e. The van der Waals surface area contributed by atoms with Crippen molar-refractivity contribution in [1.82, 2.24) is 4.90 Å². The van der Waals surface area contributed by atoms with Gasteiger partial charge in [-0.2, -0.15) is 0 Å². The smallest absolute Gasteiger partial charge is 0.0415 e. The number of likely N-dealkylation sites (N-methyl/N-ethyl adjacent to an activating group) is 2. The zero-order chi connectivity index (χ0) is 13.7. The summed E-state index contributed by atoms with van der Waals surface area (Å²) in [5.74, 6) is 0. The lowest BCUT2D eigenvalue weighted by molar-refractivity contribution is 0.372. The lowest BCUT2D eigenvalue weighted by atomic mass is 10.1. The quantitative estimate of drug-likeness (QED) is 0.876. The van der Waals surface area contributed by atoms with Crippen LogP contribution >= 0.6 is 15.9 Å². The lowest BCUT2D eigenvalue weighted by Crippen LogP contribution is -2.40. The first-order valence-electron chi connectivity index (χ1n) is 6.39. The molecule has 0 aliphatic carbocycles. The molecule has 4 heteroatoms. The summed E-state index contributed by atoms with van der Waals surface area (Å²) in [6.45, 7) is 7.04. The molecule has 1 rings (SSSR count). The highest BCUT2D eigenvalue weighted by molar-refractivity contribution is 9.10. The number of hydrogen-bond donors (Lipinski definition) is 1. The fourth-order valence-electron chi connectivity index (χ4n) is 2.34. The van der Waals surface area contributed by atoms with Crippen LogP contribution in [0.4, 0.5) is 5.69 Å². The highest BCUT2D eigenvalue weighted by atomic mass is 79.9. The summed E-state index contributed by atoms with van der Waals surface area (Å²) in [6, 6.07) is 6.82. The molecule has 0 bridgehead atoms. The molecule has 0 aromatic heterocycles. The molecule has 0 saturated heterocycles. The third-order valence-electron chi connectivity index (χ3n) is 3.07. The number of rotatable bonds is 6. The molecule has 2 N–H and O–H groups in total. The van der Waals surface area contributed by atoms with Crippen LogP contribution in [0.5, 0.6) is 0 Å². The van der Waals surface area contributed by atoms with Gasteiger partial charge in [0.1, 0.15) is 0 Å². The Morgan fingerprint density at radius 3 is 2.50 bits per heavy atom. The van der Waals surface area contributed by atoms with E-state index in [0.29, 0.717) is 12.6 Å². The normalized spacial score (nSPS) is 12.8. The van der Waals surface area contributed by atoms with Crippen molar-refractivity contribution in [2.75, 3.05) is 32.1 Å². The van der Waals surface area contributed by atoms with E-state index in [-0.39, 0.29) is 0 Å². The maximum atomic E-state index is 5.86. The predicted molar refractivity (Wildman–Crippen MR) is 83.1 cm³/mol. The van der Waals surface area contributed by atoms with Gasteiger partial charge in [0.05, 0.1) is 0 Å². The van der Waals surface area contributed by atoms with Crippen LogP contribution in [-0.4, -0.2) is 38.1 Å². The van der Waals surface area contributed by atoms with Crippen LogP contribution in [0, 0.1) is 0 Å². The zero-order valence-corrected chi connectivity index (χ0v) is 13.4. The topological polar surface area (TPSA) is 32.5 Å². The molecular weight excluding hydrogens is 290 g/mol. The largest absolute Gasteiger partial charge is 0.368 e. The van der Waals surface area contributed by atoms with Crippen molar-refractivity contribution in [3.63, 3.8) is 0 Å². The highest BCUT2D eigenvalue weighted by Gasteiger charge is 2.16. The maximum absolute atomic E-state index is 5.86. The van der Waals surface area contributed by atoms with Crippen molar-refractivity contribution in [2.24, 2.45) is 5.73 Å². The molecule has 18 heavy (non-hydrogen) atoms. The fraction of sp³-hybridized carbons (Fsp3) is 0.571. The third kappa shape index (κ3) is 3.97. The molecule has 1 aromatic rings. The number of nitrogens with two attached hydrogens (primary N) is 1. The van der Waals surface area contributed by atoms with Crippen molar-refractivity contribution in [1.29, 1.82) is 0 Å². The first-order chi connectivity index (χ1) is 8.49. The van der Waals surface area contributed by atoms with E-state index in [9.17, 15) is 0 Å². The summed E-state index contributed by atoms with van der Waals surface area (Å²) in [7, 11) is 4.21. The van der Waals surface area contributed by atoms with Crippen LogP contribution < -0.4 is 10.6 Å². The number of halogens is 1. The van der Waals surface area contributed by atoms with Gasteiger partial charge in [-0.15, -0.1) is 0 Å². The summed E-state index contributed by atoms with van der Waals surface area (Å²) in [5, 5.41) is 0. The van der Waals surface area contributed by atoms with Gasteiger partial charge >= 0.3 is 0 Å². The van der Waals surface area contributed by atoms with E-state index in [0.717, 1.165) is 17.6 Å². The average molecular weight is 314 g/mol. The Balaban J connectivity index is 3.00. The highest BCUT2D eigenvalue weighted by Crippen LogP contribution is 2.26. The summed E-state index contributed by atoms with van der Waals surface area (Å²) in [4.78, 5) is 4.63. The van der Waals surface area contributed by atoms with E-state index in [1.165, 1.54) is 11.3 Å². The summed E-state index contributed by atoms with van der Waals surface area (Å²) in [5.41, 5.74) is 8.29. The van der Waals surface area contributed by atoms with Crippen LogP contribution in [0.1, 0.15) is 19.4 Å². The van der Waals surface area contributed by atoms with Gasteiger partial charge in [0, 0.05) is 35.8 Å². The summed E-state index contributed by atoms with van der Waals surface area (Å²) in [6.07, 6.45) is 0. The third-order valence-corrected chi connectivity index (χ3v) is 3.57. The van der Waals surface area contributed by atoms with Gasteiger partial charge in [-0.25, -0.2) is 0 Å². The Morgan fingerprint density at radius 2 is 2.00 bits per heavy atom. The number of hydrogen-bond acceptors (Lipinski definition) is 3. The monoisotopic (exact) mass is 313 g/mol. The van der Waals surface area contributed by atoms with Crippen molar-refractivity contribution < 1.29 is 0 Å².